The average Bonchev–Trinajstić information content (AvgIpc) is 3.55. The first-order valence-corrected chi connectivity index (χ1v) is 14.3. The van der Waals surface area contributed by atoms with E-state index in [4.69, 9.17) is 0 Å². The summed E-state index contributed by atoms with van der Waals surface area (Å²) in [5.41, 5.74) is -0.657. The molecule has 0 aliphatic carbocycles. The molecule has 3 heterocycles. The maximum absolute atomic E-state index is 14.6. The first-order chi connectivity index (χ1) is 20.6. The van der Waals surface area contributed by atoms with E-state index in [1.54, 1.807) is 37.3 Å². The van der Waals surface area contributed by atoms with E-state index in [2.05, 4.69) is 30.9 Å². The van der Waals surface area contributed by atoms with Crippen molar-refractivity contribution < 1.29 is 27.2 Å². The number of nitrogens with one attached hydrogen (secondary N) is 3. The zero-order valence-electron chi connectivity index (χ0n) is 23.0. The highest BCUT2D eigenvalue weighted by Gasteiger charge is 2.35. The Morgan fingerprint density at radius 2 is 1.86 bits per heavy atom. The van der Waals surface area contributed by atoms with Crippen LogP contribution in [0.25, 0.3) is 11.3 Å². The molecule has 4 aromatic rings. The highest BCUT2D eigenvalue weighted by Crippen LogP contribution is 2.38. The van der Waals surface area contributed by atoms with Crippen LogP contribution in [0.1, 0.15) is 40.1 Å². The van der Waals surface area contributed by atoms with Crippen molar-refractivity contribution in [3.63, 3.8) is 0 Å². The lowest BCUT2D eigenvalue weighted by Crippen LogP contribution is -2.27. The summed E-state index contributed by atoms with van der Waals surface area (Å²) in [6.45, 7) is 3.77. The lowest BCUT2D eigenvalue weighted by Gasteiger charge is -2.15. The van der Waals surface area contributed by atoms with E-state index < -0.39 is 23.5 Å². The Morgan fingerprint density at radius 1 is 1.09 bits per heavy atom. The Balaban J connectivity index is 1.17. The Bertz CT molecular complexity index is 1630. The number of carbonyl (C=O) groups excluding carboxylic acids is 2. The standard InChI is InChI=1S/C29H27F4N7O2S/c1-17-26(20-5-2-6-21(25(20)30)29(31,32)33)38-28(43-17)39-27(42)18-8-10-19(11-9-18)37-23-15-22(35-16-36-23)34-12-4-14-40-13-3-7-24(40)41/h2,5-6,8-11,15-16H,3-4,7,12-14H2,1H3,(H,38,39,42)(H2,34,35,36,37). The second kappa shape index (κ2) is 12.7. The van der Waals surface area contributed by atoms with Gasteiger partial charge in [-0.2, -0.15) is 13.2 Å². The minimum Gasteiger partial charge on any atom is -0.370 e. The second-order valence-electron chi connectivity index (χ2n) is 9.80. The van der Waals surface area contributed by atoms with Gasteiger partial charge in [0.2, 0.25) is 5.91 Å². The maximum Gasteiger partial charge on any atom is 0.419 e. The number of rotatable bonds is 10. The summed E-state index contributed by atoms with van der Waals surface area (Å²) < 4.78 is 54.1. The van der Waals surface area contributed by atoms with E-state index in [9.17, 15) is 27.2 Å². The third kappa shape index (κ3) is 7.25. The minimum atomic E-state index is -4.84. The summed E-state index contributed by atoms with van der Waals surface area (Å²) in [4.78, 5) is 39.5. The van der Waals surface area contributed by atoms with Gasteiger partial charge in [0.15, 0.2) is 5.13 Å². The Morgan fingerprint density at radius 3 is 2.58 bits per heavy atom. The minimum absolute atomic E-state index is 0.0313. The Hall–Kier alpha value is -4.59. The second-order valence-corrected chi connectivity index (χ2v) is 11.0. The topological polar surface area (TPSA) is 112 Å². The monoisotopic (exact) mass is 613 g/mol. The lowest BCUT2D eigenvalue weighted by molar-refractivity contribution is -0.140. The smallest absolute Gasteiger partial charge is 0.370 e. The third-order valence-electron chi connectivity index (χ3n) is 6.75. The molecule has 2 amide bonds. The van der Waals surface area contributed by atoms with Gasteiger partial charge in [-0.15, -0.1) is 11.3 Å². The van der Waals surface area contributed by atoms with Crippen molar-refractivity contribution in [1.29, 1.82) is 0 Å². The molecule has 0 bridgehead atoms. The summed E-state index contributed by atoms with van der Waals surface area (Å²) in [6.07, 6.45) is -1.08. The predicted octanol–water partition coefficient (Wildman–Crippen LogP) is 6.49. The normalized spacial score (nSPS) is 13.3. The molecule has 0 unspecified atom stereocenters. The van der Waals surface area contributed by atoms with Gasteiger partial charge in [-0.25, -0.2) is 19.3 Å². The van der Waals surface area contributed by atoms with E-state index >= 15 is 0 Å². The molecule has 5 rings (SSSR count). The van der Waals surface area contributed by atoms with Crippen LogP contribution >= 0.6 is 11.3 Å². The van der Waals surface area contributed by atoms with Crippen LogP contribution < -0.4 is 16.0 Å². The van der Waals surface area contributed by atoms with Gasteiger partial charge in [0.1, 0.15) is 23.8 Å². The van der Waals surface area contributed by atoms with Crippen LogP contribution in [0, 0.1) is 12.7 Å². The quantitative estimate of drug-likeness (QED) is 0.139. The molecular weight excluding hydrogens is 586 g/mol. The predicted molar refractivity (Wildman–Crippen MR) is 156 cm³/mol. The van der Waals surface area contributed by atoms with Crippen molar-refractivity contribution in [2.24, 2.45) is 0 Å². The van der Waals surface area contributed by atoms with E-state index in [0.717, 1.165) is 36.8 Å². The van der Waals surface area contributed by atoms with Crippen molar-refractivity contribution in [1.82, 2.24) is 19.9 Å². The van der Waals surface area contributed by atoms with Gasteiger partial charge in [-0.1, -0.05) is 6.07 Å². The number of nitrogens with zero attached hydrogens (tertiary/aromatic N) is 4. The van der Waals surface area contributed by atoms with Crippen molar-refractivity contribution >= 4 is 45.6 Å². The van der Waals surface area contributed by atoms with Crippen LogP contribution in [0.3, 0.4) is 0 Å². The third-order valence-corrected chi connectivity index (χ3v) is 7.63. The fraction of sp³-hybridized carbons (Fsp3) is 0.276. The fourth-order valence-corrected chi connectivity index (χ4v) is 5.43. The number of likely N-dealkylation sites (tertiary alicyclic amines) is 1. The number of halogens is 4. The molecule has 1 fully saturated rings. The molecule has 3 N–H and O–H groups in total. The molecule has 43 heavy (non-hydrogen) atoms. The van der Waals surface area contributed by atoms with Gasteiger partial charge in [0.25, 0.3) is 5.91 Å². The van der Waals surface area contributed by atoms with Crippen LogP contribution in [0.4, 0.5) is 40.0 Å². The van der Waals surface area contributed by atoms with Crippen molar-refractivity contribution in [2.75, 3.05) is 35.6 Å². The number of alkyl halides is 3. The first-order valence-electron chi connectivity index (χ1n) is 13.4. The largest absolute Gasteiger partial charge is 0.419 e. The van der Waals surface area contributed by atoms with Crippen molar-refractivity contribution in [3.8, 4) is 11.3 Å². The number of aryl methyl sites for hydroxylation is 1. The molecule has 9 nitrogen and oxygen atoms in total. The number of benzene rings is 2. The molecule has 1 aliphatic rings. The van der Waals surface area contributed by atoms with Gasteiger partial charge in [-0.05, 0) is 56.2 Å². The first kappa shape index (κ1) is 29.9. The summed E-state index contributed by atoms with van der Waals surface area (Å²) in [6, 6.07) is 11.3. The van der Waals surface area contributed by atoms with Crippen LogP contribution in [0.5, 0.6) is 0 Å². The SMILES string of the molecule is Cc1sc(NC(=O)c2ccc(Nc3cc(NCCCN4CCCC4=O)ncn3)cc2)nc1-c1cccc(C(F)(F)F)c1F. The van der Waals surface area contributed by atoms with Crippen LogP contribution in [-0.2, 0) is 11.0 Å². The molecule has 14 heteroatoms. The summed E-state index contributed by atoms with van der Waals surface area (Å²) in [7, 11) is 0. The summed E-state index contributed by atoms with van der Waals surface area (Å²) in [5.74, 6) is -0.525. The fourth-order valence-electron chi connectivity index (χ4n) is 4.60. The van der Waals surface area contributed by atoms with Gasteiger partial charge in [-0.3, -0.25) is 14.9 Å². The molecule has 0 radical (unpaired) electrons. The zero-order chi connectivity index (χ0) is 30.6. The van der Waals surface area contributed by atoms with E-state index in [1.165, 1.54) is 12.4 Å². The highest BCUT2D eigenvalue weighted by atomic mass is 32.1. The van der Waals surface area contributed by atoms with Crippen LogP contribution in [0.15, 0.2) is 54.9 Å². The maximum atomic E-state index is 14.6. The molecule has 2 aromatic heterocycles. The van der Waals surface area contributed by atoms with Gasteiger partial charge < -0.3 is 15.5 Å². The van der Waals surface area contributed by atoms with E-state index in [1.807, 2.05) is 4.90 Å². The van der Waals surface area contributed by atoms with Crippen LogP contribution in [-0.4, -0.2) is 51.3 Å². The van der Waals surface area contributed by atoms with E-state index in [-0.39, 0.29) is 22.3 Å². The number of hydrogen-bond donors (Lipinski definition) is 3. The Labute approximate surface area is 248 Å². The van der Waals surface area contributed by atoms with Crippen molar-refractivity contribution in [2.45, 2.75) is 32.4 Å². The highest BCUT2D eigenvalue weighted by molar-refractivity contribution is 7.16. The molecule has 0 atom stereocenters. The lowest BCUT2D eigenvalue weighted by atomic mass is 10.1. The number of hydrogen-bond acceptors (Lipinski definition) is 8. The number of carbonyl (C=O) groups is 2. The van der Waals surface area contributed by atoms with Gasteiger partial charge >= 0.3 is 6.18 Å². The summed E-state index contributed by atoms with van der Waals surface area (Å²) >= 11 is 1.03. The number of amides is 2. The molecule has 1 saturated heterocycles. The molecular formula is C29H27F4N7O2S. The summed E-state index contributed by atoms with van der Waals surface area (Å²) in [5, 5.41) is 9.13. The average molecular weight is 614 g/mol. The number of aromatic nitrogens is 3. The molecule has 2 aromatic carbocycles. The zero-order valence-corrected chi connectivity index (χ0v) is 23.8. The van der Waals surface area contributed by atoms with Crippen molar-refractivity contribution in [3.05, 3.63) is 76.7 Å². The molecule has 0 spiro atoms. The molecule has 0 saturated carbocycles. The van der Waals surface area contributed by atoms with Gasteiger partial charge in [0, 0.05) is 53.8 Å². The van der Waals surface area contributed by atoms with Gasteiger partial charge in [0.05, 0.1) is 11.3 Å². The number of thiazole rings is 1. The van der Waals surface area contributed by atoms with Crippen LogP contribution in [0.2, 0.25) is 0 Å². The molecule has 1 aliphatic heterocycles. The van der Waals surface area contributed by atoms with E-state index in [0.29, 0.717) is 53.3 Å². The number of anilines is 4. The molecule has 224 valence electrons. The Kier molecular flexibility index (Phi) is 8.85.